The van der Waals surface area contributed by atoms with E-state index in [9.17, 15) is 4.79 Å². The van der Waals surface area contributed by atoms with E-state index in [1.54, 1.807) is 7.11 Å². The first-order valence-corrected chi connectivity index (χ1v) is 5.66. The highest BCUT2D eigenvalue weighted by atomic mass is 16.5. The first-order valence-electron chi connectivity index (χ1n) is 5.66. The topological polar surface area (TPSA) is 62.1 Å². The summed E-state index contributed by atoms with van der Waals surface area (Å²) in [6.07, 6.45) is 3.45. The third kappa shape index (κ3) is 3.21. The molecule has 0 spiro atoms. The number of hydrogen-bond donors (Lipinski definition) is 1. The number of nitriles is 1. The highest BCUT2D eigenvalue weighted by molar-refractivity contribution is 5.77. The molecule has 0 radical (unpaired) electrons. The second-order valence-corrected chi connectivity index (χ2v) is 5.19. The average Bonchev–Trinajstić information content (AvgIpc) is 2.21. The van der Waals surface area contributed by atoms with Crippen LogP contribution in [0.5, 0.6) is 0 Å². The number of methoxy groups -OCH3 is 1. The van der Waals surface area contributed by atoms with Crippen LogP contribution in [0, 0.1) is 16.7 Å². The van der Waals surface area contributed by atoms with Gasteiger partial charge in [0.05, 0.1) is 23.5 Å². The molecule has 0 bridgehead atoms. The number of carbonyl (C=O) groups excluding carboxylic acids is 1. The van der Waals surface area contributed by atoms with E-state index >= 15 is 0 Å². The summed E-state index contributed by atoms with van der Waals surface area (Å²) in [5.41, 5.74) is -0.740. The second kappa shape index (κ2) is 4.84. The molecule has 0 unspecified atom stereocenters. The molecular weight excluding hydrogens is 204 g/mol. The largest absolute Gasteiger partial charge is 0.378 e. The van der Waals surface area contributed by atoms with E-state index in [4.69, 9.17) is 10.00 Å². The Morgan fingerprint density at radius 2 is 2.19 bits per heavy atom. The van der Waals surface area contributed by atoms with Crippen LogP contribution in [0.2, 0.25) is 0 Å². The number of nitrogens with zero attached hydrogens (tertiary/aromatic N) is 1. The van der Waals surface area contributed by atoms with Gasteiger partial charge in [0.1, 0.15) is 0 Å². The molecule has 16 heavy (non-hydrogen) atoms. The Labute approximate surface area is 97.0 Å². The van der Waals surface area contributed by atoms with Crippen molar-refractivity contribution in [3.05, 3.63) is 0 Å². The van der Waals surface area contributed by atoms with Crippen molar-refractivity contribution >= 4 is 5.91 Å². The number of rotatable bonds is 5. The molecule has 90 valence electrons. The molecule has 0 saturated heterocycles. The van der Waals surface area contributed by atoms with Crippen LogP contribution in [-0.4, -0.2) is 25.2 Å². The van der Waals surface area contributed by atoms with Gasteiger partial charge in [0.2, 0.25) is 5.91 Å². The molecule has 1 saturated carbocycles. The van der Waals surface area contributed by atoms with E-state index in [0.717, 1.165) is 19.3 Å². The Kier molecular flexibility index (Phi) is 3.93. The SMILES string of the molecule is COC1(CC(=O)NCC(C)(C)C#N)CCC1. The maximum Gasteiger partial charge on any atom is 0.222 e. The summed E-state index contributed by atoms with van der Waals surface area (Å²) >= 11 is 0. The minimum Gasteiger partial charge on any atom is -0.378 e. The lowest BCUT2D eigenvalue weighted by Crippen LogP contribution is -2.45. The summed E-state index contributed by atoms with van der Waals surface area (Å²) < 4.78 is 5.38. The number of carbonyl (C=O) groups is 1. The molecule has 4 nitrogen and oxygen atoms in total. The maximum atomic E-state index is 11.7. The van der Waals surface area contributed by atoms with Gasteiger partial charge in [-0.25, -0.2) is 0 Å². The molecule has 1 amide bonds. The van der Waals surface area contributed by atoms with Crippen molar-refractivity contribution in [1.82, 2.24) is 5.32 Å². The smallest absolute Gasteiger partial charge is 0.222 e. The van der Waals surface area contributed by atoms with Crippen LogP contribution in [0.25, 0.3) is 0 Å². The molecular formula is C12H20N2O2. The number of hydrogen-bond acceptors (Lipinski definition) is 3. The van der Waals surface area contributed by atoms with E-state index in [-0.39, 0.29) is 11.5 Å². The molecule has 1 aliphatic carbocycles. The zero-order valence-corrected chi connectivity index (χ0v) is 10.3. The molecule has 1 rings (SSSR count). The summed E-state index contributed by atoms with van der Waals surface area (Å²) in [4.78, 5) is 11.7. The van der Waals surface area contributed by atoms with Gasteiger partial charge in [-0.05, 0) is 33.1 Å². The lowest BCUT2D eigenvalue weighted by molar-refractivity contribution is -0.134. The van der Waals surface area contributed by atoms with Crippen molar-refractivity contribution in [2.24, 2.45) is 5.41 Å². The highest BCUT2D eigenvalue weighted by Crippen LogP contribution is 2.37. The molecule has 1 aliphatic rings. The monoisotopic (exact) mass is 224 g/mol. The van der Waals surface area contributed by atoms with Gasteiger partial charge in [-0.3, -0.25) is 4.79 Å². The first-order chi connectivity index (χ1) is 7.43. The predicted octanol–water partition coefficient (Wildman–Crippen LogP) is 1.61. The van der Waals surface area contributed by atoms with E-state index in [1.165, 1.54) is 0 Å². The number of amides is 1. The second-order valence-electron chi connectivity index (χ2n) is 5.19. The van der Waals surface area contributed by atoms with Crippen LogP contribution >= 0.6 is 0 Å². The minimum absolute atomic E-state index is 0.0233. The van der Waals surface area contributed by atoms with Gasteiger partial charge in [0.15, 0.2) is 0 Å². The van der Waals surface area contributed by atoms with Crippen molar-refractivity contribution in [2.45, 2.75) is 45.1 Å². The van der Waals surface area contributed by atoms with Gasteiger partial charge in [0.25, 0.3) is 0 Å². The third-order valence-corrected chi connectivity index (χ3v) is 3.21. The Bertz CT molecular complexity index is 295. The zero-order valence-electron chi connectivity index (χ0n) is 10.3. The molecule has 0 aromatic carbocycles. The minimum atomic E-state index is -0.504. The van der Waals surface area contributed by atoms with Crippen molar-refractivity contribution in [3.8, 4) is 6.07 Å². The Morgan fingerprint density at radius 1 is 1.56 bits per heavy atom. The lowest BCUT2D eigenvalue weighted by atomic mass is 9.77. The van der Waals surface area contributed by atoms with Gasteiger partial charge >= 0.3 is 0 Å². The van der Waals surface area contributed by atoms with Crippen LogP contribution in [0.1, 0.15) is 39.5 Å². The van der Waals surface area contributed by atoms with Gasteiger partial charge in [-0.15, -0.1) is 0 Å². The molecule has 0 atom stereocenters. The number of ether oxygens (including phenoxy) is 1. The van der Waals surface area contributed by atoms with Crippen molar-refractivity contribution in [1.29, 1.82) is 5.26 Å². The van der Waals surface area contributed by atoms with Crippen LogP contribution in [0.4, 0.5) is 0 Å². The molecule has 4 heteroatoms. The van der Waals surface area contributed by atoms with Crippen LogP contribution in [0.3, 0.4) is 0 Å². The molecule has 1 fully saturated rings. The summed E-state index contributed by atoms with van der Waals surface area (Å²) in [6.45, 7) is 4.01. The van der Waals surface area contributed by atoms with Gasteiger partial charge < -0.3 is 10.1 Å². The normalized spacial score (nSPS) is 18.4. The van der Waals surface area contributed by atoms with Crippen LogP contribution < -0.4 is 5.32 Å². The fourth-order valence-corrected chi connectivity index (χ4v) is 1.74. The van der Waals surface area contributed by atoms with Crippen LogP contribution in [-0.2, 0) is 9.53 Å². The van der Waals surface area contributed by atoms with E-state index in [1.807, 2.05) is 13.8 Å². The quantitative estimate of drug-likeness (QED) is 0.771. The average molecular weight is 224 g/mol. The van der Waals surface area contributed by atoms with E-state index in [2.05, 4.69) is 11.4 Å². The van der Waals surface area contributed by atoms with Gasteiger partial charge in [-0.2, -0.15) is 5.26 Å². The molecule has 0 aromatic heterocycles. The Hall–Kier alpha value is -1.08. The Balaban J connectivity index is 2.34. The lowest BCUT2D eigenvalue weighted by Gasteiger charge is -2.40. The molecule has 0 aromatic rings. The molecule has 1 N–H and O–H groups in total. The summed E-state index contributed by atoms with van der Waals surface area (Å²) in [5.74, 6) is -0.0233. The highest BCUT2D eigenvalue weighted by Gasteiger charge is 2.39. The zero-order chi connectivity index (χ0) is 12.2. The van der Waals surface area contributed by atoms with Gasteiger partial charge in [-0.1, -0.05) is 0 Å². The molecule has 0 heterocycles. The van der Waals surface area contributed by atoms with Gasteiger partial charge in [0, 0.05) is 13.7 Å². The summed E-state index contributed by atoms with van der Waals surface area (Å²) in [5, 5.41) is 11.6. The summed E-state index contributed by atoms with van der Waals surface area (Å²) in [6, 6.07) is 2.16. The standard InChI is InChI=1S/C12H20N2O2/c1-11(2,8-13)9-14-10(15)7-12(16-3)5-4-6-12/h4-7,9H2,1-3H3,(H,14,15). The maximum absolute atomic E-state index is 11.7. The van der Waals surface area contributed by atoms with E-state index < -0.39 is 5.41 Å². The fraction of sp³-hybridized carbons (Fsp3) is 0.833. The van der Waals surface area contributed by atoms with Crippen molar-refractivity contribution in [2.75, 3.05) is 13.7 Å². The molecule has 0 aliphatic heterocycles. The van der Waals surface area contributed by atoms with Crippen molar-refractivity contribution < 1.29 is 9.53 Å². The first kappa shape index (κ1) is 13.0. The fourth-order valence-electron chi connectivity index (χ4n) is 1.74. The Morgan fingerprint density at radius 3 is 2.56 bits per heavy atom. The summed E-state index contributed by atoms with van der Waals surface area (Å²) in [7, 11) is 1.66. The van der Waals surface area contributed by atoms with Crippen LogP contribution in [0.15, 0.2) is 0 Å². The third-order valence-electron chi connectivity index (χ3n) is 3.21. The number of nitrogens with one attached hydrogen (secondary N) is 1. The predicted molar refractivity (Wildman–Crippen MR) is 60.6 cm³/mol. The van der Waals surface area contributed by atoms with E-state index in [0.29, 0.717) is 13.0 Å². The van der Waals surface area contributed by atoms with Crippen molar-refractivity contribution in [3.63, 3.8) is 0 Å².